The Morgan fingerprint density at radius 1 is 1.38 bits per heavy atom. The van der Waals surface area contributed by atoms with E-state index in [1.165, 1.54) is 51.7 Å². The second-order valence-electron chi connectivity index (χ2n) is 5.61. The summed E-state index contributed by atoms with van der Waals surface area (Å²) in [5, 5.41) is 3.82. The first-order valence-corrected chi connectivity index (χ1v) is 6.86. The van der Waals surface area contributed by atoms with E-state index >= 15 is 0 Å². The van der Waals surface area contributed by atoms with Crippen molar-refractivity contribution < 1.29 is 0 Å². The number of nitrogens with one attached hydrogen (secondary N) is 1. The van der Waals surface area contributed by atoms with E-state index in [2.05, 4.69) is 29.8 Å². The van der Waals surface area contributed by atoms with Gasteiger partial charge in [-0.05, 0) is 45.7 Å². The first-order chi connectivity index (χ1) is 7.76. The molecule has 2 aliphatic rings. The van der Waals surface area contributed by atoms with Crippen LogP contribution in [0.3, 0.4) is 0 Å². The van der Waals surface area contributed by atoms with Gasteiger partial charge in [-0.3, -0.25) is 4.90 Å². The van der Waals surface area contributed by atoms with Gasteiger partial charge in [-0.2, -0.15) is 0 Å². The predicted octanol–water partition coefficient (Wildman–Crippen LogP) is 2.56. The van der Waals surface area contributed by atoms with Crippen molar-refractivity contribution in [2.75, 3.05) is 19.6 Å². The monoisotopic (exact) mass is 222 g/mol. The molecule has 1 aliphatic heterocycles. The van der Waals surface area contributed by atoms with Crippen molar-refractivity contribution in [3.05, 3.63) is 12.7 Å². The number of rotatable bonds is 3. The van der Waals surface area contributed by atoms with E-state index in [1.54, 1.807) is 0 Å². The van der Waals surface area contributed by atoms with Gasteiger partial charge >= 0.3 is 0 Å². The van der Waals surface area contributed by atoms with Crippen LogP contribution in [0.1, 0.15) is 45.4 Å². The number of hydrogen-bond acceptors (Lipinski definition) is 2. The second kappa shape index (κ2) is 5.33. The average Bonchev–Trinajstić information content (AvgIpc) is 2.60. The molecule has 1 atom stereocenters. The van der Waals surface area contributed by atoms with E-state index in [9.17, 15) is 0 Å². The Morgan fingerprint density at radius 3 is 2.81 bits per heavy atom. The molecular formula is C14H26N2. The minimum Gasteiger partial charge on any atom is -0.310 e. The number of nitrogens with zero attached hydrogens (tertiary/aromatic N) is 1. The van der Waals surface area contributed by atoms with Gasteiger partial charge in [0.1, 0.15) is 0 Å². The van der Waals surface area contributed by atoms with Crippen LogP contribution < -0.4 is 5.32 Å². The van der Waals surface area contributed by atoms with Crippen LogP contribution in [0.15, 0.2) is 12.7 Å². The van der Waals surface area contributed by atoms with Crippen molar-refractivity contribution in [3.63, 3.8) is 0 Å². The normalized spacial score (nSPS) is 27.8. The Balaban J connectivity index is 1.99. The summed E-state index contributed by atoms with van der Waals surface area (Å²) in [5.41, 5.74) is 0.450. The van der Waals surface area contributed by atoms with Crippen molar-refractivity contribution in [2.45, 2.75) is 57.0 Å². The van der Waals surface area contributed by atoms with Gasteiger partial charge in [-0.1, -0.05) is 18.9 Å². The molecule has 1 spiro atoms. The quantitative estimate of drug-likeness (QED) is 0.738. The molecule has 1 aliphatic carbocycles. The second-order valence-corrected chi connectivity index (χ2v) is 5.61. The molecule has 0 bridgehead atoms. The van der Waals surface area contributed by atoms with Gasteiger partial charge in [-0.15, -0.1) is 6.58 Å². The van der Waals surface area contributed by atoms with Crippen LogP contribution in [0, 0.1) is 0 Å². The molecule has 0 aromatic heterocycles. The molecule has 1 N–H and O–H groups in total. The first-order valence-electron chi connectivity index (χ1n) is 6.86. The molecule has 2 fully saturated rings. The van der Waals surface area contributed by atoms with E-state index in [0.29, 0.717) is 11.6 Å². The summed E-state index contributed by atoms with van der Waals surface area (Å²) in [6, 6.07) is 0.662. The van der Waals surface area contributed by atoms with Gasteiger partial charge in [0.25, 0.3) is 0 Å². The van der Waals surface area contributed by atoms with Crippen LogP contribution in [0.2, 0.25) is 0 Å². The molecule has 16 heavy (non-hydrogen) atoms. The summed E-state index contributed by atoms with van der Waals surface area (Å²) in [4.78, 5) is 2.67. The fraction of sp³-hybridized carbons (Fsp3) is 0.857. The summed E-state index contributed by atoms with van der Waals surface area (Å²) < 4.78 is 0. The third-order valence-corrected chi connectivity index (χ3v) is 4.32. The Labute approximate surface area is 100 Å². The van der Waals surface area contributed by atoms with E-state index < -0.39 is 0 Å². The zero-order valence-corrected chi connectivity index (χ0v) is 10.7. The highest BCUT2D eigenvalue weighted by molar-refractivity contribution is 4.98. The van der Waals surface area contributed by atoms with Gasteiger partial charge in [0.05, 0.1) is 0 Å². The van der Waals surface area contributed by atoms with E-state index in [1.807, 2.05) is 0 Å². The summed E-state index contributed by atoms with van der Waals surface area (Å²) in [7, 11) is 0. The Morgan fingerprint density at radius 2 is 2.12 bits per heavy atom. The maximum atomic E-state index is 3.87. The zero-order valence-electron chi connectivity index (χ0n) is 10.7. The molecule has 0 aromatic rings. The summed E-state index contributed by atoms with van der Waals surface area (Å²) in [6.45, 7) is 9.92. The van der Waals surface area contributed by atoms with Gasteiger partial charge in [-0.25, -0.2) is 0 Å². The van der Waals surface area contributed by atoms with Crippen LogP contribution in [0.5, 0.6) is 0 Å². The Hall–Kier alpha value is -0.340. The molecule has 2 heteroatoms. The van der Waals surface area contributed by atoms with Gasteiger partial charge < -0.3 is 5.32 Å². The largest absolute Gasteiger partial charge is 0.310 e. The summed E-state index contributed by atoms with van der Waals surface area (Å²) >= 11 is 0. The lowest BCUT2D eigenvalue weighted by Gasteiger charge is -2.36. The minimum atomic E-state index is 0.450. The molecule has 0 radical (unpaired) electrons. The van der Waals surface area contributed by atoms with Crippen LogP contribution in [0.25, 0.3) is 0 Å². The molecule has 0 aromatic carbocycles. The first kappa shape index (κ1) is 12.1. The highest BCUT2D eigenvalue weighted by Crippen LogP contribution is 2.32. The van der Waals surface area contributed by atoms with Crippen LogP contribution >= 0.6 is 0 Å². The molecule has 1 saturated heterocycles. The maximum Gasteiger partial charge on any atom is 0.0308 e. The average molecular weight is 222 g/mol. The van der Waals surface area contributed by atoms with E-state index in [4.69, 9.17) is 0 Å². The SMILES string of the molecule is C=CCC(C)N1CCCNC2(CCCC2)C1. The van der Waals surface area contributed by atoms with Crippen molar-refractivity contribution in [1.82, 2.24) is 10.2 Å². The van der Waals surface area contributed by atoms with Crippen molar-refractivity contribution in [2.24, 2.45) is 0 Å². The van der Waals surface area contributed by atoms with Crippen molar-refractivity contribution in [1.29, 1.82) is 0 Å². The lowest BCUT2D eigenvalue weighted by atomic mass is 9.96. The van der Waals surface area contributed by atoms with Crippen LogP contribution in [-0.4, -0.2) is 36.1 Å². The number of hydrogen-bond donors (Lipinski definition) is 1. The van der Waals surface area contributed by atoms with Gasteiger partial charge in [0, 0.05) is 18.1 Å². The van der Waals surface area contributed by atoms with Gasteiger partial charge in [0.15, 0.2) is 0 Å². The van der Waals surface area contributed by atoms with Gasteiger partial charge in [0.2, 0.25) is 0 Å². The molecule has 1 unspecified atom stereocenters. The molecule has 2 nitrogen and oxygen atoms in total. The third kappa shape index (κ3) is 2.67. The van der Waals surface area contributed by atoms with Crippen LogP contribution in [0.4, 0.5) is 0 Å². The fourth-order valence-electron chi connectivity index (χ4n) is 3.31. The Bertz CT molecular complexity index is 231. The lowest BCUT2D eigenvalue weighted by molar-refractivity contribution is 0.166. The van der Waals surface area contributed by atoms with Crippen molar-refractivity contribution >= 4 is 0 Å². The lowest BCUT2D eigenvalue weighted by Crippen LogP contribution is -2.51. The molecule has 1 saturated carbocycles. The minimum absolute atomic E-state index is 0.450. The molecule has 0 amide bonds. The Kier molecular flexibility index (Phi) is 4.04. The maximum absolute atomic E-state index is 3.87. The summed E-state index contributed by atoms with van der Waals surface area (Å²) in [5.74, 6) is 0. The molecule has 1 heterocycles. The summed E-state index contributed by atoms with van der Waals surface area (Å²) in [6.07, 6.45) is 10.1. The zero-order chi connectivity index (χ0) is 11.4. The van der Waals surface area contributed by atoms with Crippen molar-refractivity contribution in [3.8, 4) is 0 Å². The van der Waals surface area contributed by atoms with Crippen LogP contribution in [-0.2, 0) is 0 Å². The fourth-order valence-corrected chi connectivity index (χ4v) is 3.31. The third-order valence-electron chi connectivity index (χ3n) is 4.32. The highest BCUT2D eigenvalue weighted by Gasteiger charge is 2.37. The molecule has 2 rings (SSSR count). The smallest absolute Gasteiger partial charge is 0.0308 e. The molecular weight excluding hydrogens is 196 g/mol. The standard InChI is InChI=1S/C14H26N2/c1-3-7-13(2)16-11-6-10-15-14(12-16)8-4-5-9-14/h3,13,15H,1,4-12H2,2H3. The van der Waals surface area contributed by atoms with E-state index in [-0.39, 0.29) is 0 Å². The topological polar surface area (TPSA) is 15.3 Å². The predicted molar refractivity (Wildman–Crippen MR) is 69.7 cm³/mol. The molecule has 92 valence electrons. The van der Waals surface area contributed by atoms with E-state index in [0.717, 1.165) is 6.42 Å². The highest BCUT2D eigenvalue weighted by atomic mass is 15.2.